The molecule has 6 rings (SSSR count). The second-order valence-corrected chi connectivity index (χ2v) is 15.5. The van der Waals surface area contributed by atoms with Crippen LogP contribution in [0.2, 0.25) is 0 Å². The van der Waals surface area contributed by atoms with E-state index in [0.717, 1.165) is 77.9 Å². The average Bonchev–Trinajstić information content (AvgIpc) is 3.43. The van der Waals surface area contributed by atoms with Gasteiger partial charge in [0, 0.05) is 30.2 Å². The average molecular weight is 683 g/mol. The minimum absolute atomic E-state index is 0.298. The summed E-state index contributed by atoms with van der Waals surface area (Å²) in [7, 11) is -1.90. The van der Waals surface area contributed by atoms with Gasteiger partial charge in [0.2, 0.25) is 0 Å². The molecule has 0 bridgehead atoms. The first kappa shape index (κ1) is 28.3. The van der Waals surface area contributed by atoms with Crippen LogP contribution in [0.5, 0.6) is 0 Å². The molecule has 2 heterocycles. The Bertz CT molecular complexity index is 1360. The van der Waals surface area contributed by atoms with Crippen LogP contribution in [0, 0.1) is 13.8 Å². The molecule has 4 nitrogen and oxygen atoms in total. The van der Waals surface area contributed by atoms with Crippen molar-refractivity contribution in [3.05, 3.63) is 56.9 Å². The van der Waals surface area contributed by atoms with Crippen molar-refractivity contribution in [2.75, 3.05) is 0 Å². The van der Waals surface area contributed by atoms with Gasteiger partial charge in [0.05, 0.1) is 31.4 Å². The van der Waals surface area contributed by atoms with Gasteiger partial charge >= 0.3 is 0 Å². The minimum atomic E-state index is -0.948. The summed E-state index contributed by atoms with van der Waals surface area (Å²) in [6.45, 7) is 3.84. The molecule has 0 N–H and O–H groups in total. The van der Waals surface area contributed by atoms with Crippen LogP contribution in [0.15, 0.2) is 64.0 Å². The first-order valence-electron chi connectivity index (χ1n) is 13.5. The summed E-state index contributed by atoms with van der Waals surface area (Å²) in [6, 6.07) is 11.8. The van der Waals surface area contributed by atoms with Crippen molar-refractivity contribution in [3.8, 4) is 0 Å². The first-order valence-corrected chi connectivity index (χ1v) is 17.5. The van der Waals surface area contributed by atoms with Crippen LogP contribution in [0.1, 0.15) is 75.7 Å². The second-order valence-electron chi connectivity index (χ2n) is 10.4. The van der Waals surface area contributed by atoms with Crippen LogP contribution in [-0.2, 0) is 21.6 Å². The van der Waals surface area contributed by atoms with E-state index >= 15 is 0 Å². The highest BCUT2D eigenvalue weighted by atomic mass is 79.9. The Kier molecular flexibility index (Phi) is 9.33. The summed E-state index contributed by atoms with van der Waals surface area (Å²) in [5, 5.41) is 2.59. The molecule has 2 aromatic carbocycles. The lowest BCUT2D eigenvalue weighted by atomic mass is 10.0. The van der Waals surface area contributed by atoms with Crippen LogP contribution in [0.4, 0.5) is 0 Å². The molecule has 0 amide bonds. The molecule has 204 valence electrons. The first-order chi connectivity index (χ1) is 18.3. The monoisotopic (exact) mass is 680 g/mol. The van der Waals surface area contributed by atoms with E-state index < -0.39 is 21.6 Å². The van der Waals surface area contributed by atoms with E-state index in [1.165, 1.54) is 38.5 Å². The summed E-state index contributed by atoms with van der Waals surface area (Å²) in [5.41, 5.74) is 1.67. The molecule has 38 heavy (non-hydrogen) atoms. The summed E-state index contributed by atoms with van der Waals surface area (Å²) in [5.74, 6) is 1.61. The highest BCUT2D eigenvalue weighted by Crippen LogP contribution is 2.36. The maximum Gasteiger partial charge on any atom is 0.135 e. The van der Waals surface area contributed by atoms with Crippen molar-refractivity contribution in [1.29, 1.82) is 0 Å². The van der Waals surface area contributed by atoms with E-state index in [9.17, 15) is 8.42 Å². The van der Waals surface area contributed by atoms with Crippen molar-refractivity contribution in [2.24, 2.45) is 0 Å². The highest BCUT2D eigenvalue weighted by molar-refractivity contribution is 9.10. The number of fused-ring (bicyclic) bond motifs is 2. The standard InChI is InChI=1S/2C15H17BrO2S/c2*1-10-15(19(17)12-5-3-2-4-6-12)13-9-11(16)7-8-14(13)18-10/h2*7-9,12H,2-6H2,1H3/t2*19-/m10/s1. The molecular formula is C30H34Br2O4S2. The highest BCUT2D eigenvalue weighted by Gasteiger charge is 2.27. The number of hydrogen-bond donors (Lipinski definition) is 0. The molecule has 0 aliphatic heterocycles. The Morgan fingerprint density at radius 3 is 1.37 bits per heavy atom. The van der Waals surface area contributed by atoms with Gasteiger partial charge in [-0.2, -0.15) is 0 Å². The van der Waals surface area contributed by atoms with Gasteiger partial charge in [-0.3, -0.25) is 8.42 Å². The largest absolute Gasteiger partial charge is 0.460 e. The van der Waals surface area contributed by atoms with Crippen molar-refractivity contribution < 1.29 is 17.3 Å². The molecule has 2 saturated carbocycles. The zero-order chi connectivity index (χ0) is 26.8. The Hall–Kier alpha value is -1.22. The summed E-state index contributed by atoms with van der Waals surface area (Å²) < 4.78 is 39.2. The maximum absolute atomic E-state index is 12.8. The normalized spacial score (nSPS) is 18.8. The van der Waals surface area contributed by atoms with Crippen molar-refractivity contribution >= 4 is 75.4 Å². The smallest absolute Gasteiger partial charge is 0.135 e. The van der Waals surface area contributed by atoms with Gasteiger partial charge in [0.15, 0.2) is 0 Å². The minimum Gasteiger partial charge on any atom is -0.460 e. The van der Waals surface area contributed by atoms with Gasteiger partial charge in [0.25, 0.3) is 0 Å². The predicted octanol–water partition coefficient (Wildman–Crippen LogP) is 9.89. The van der Waals surface area contributed by atoms with Gasteiger partial charge in [-0.1, -0.05) is 70.4 Å². The fourth-order valence-corrected chi connectivity index (χ4v) is 10.0. The van der Waals surface area contributed by atoms with E-state index in [1.807, 2.05) is 50.2 Å². The molecule has 4 aromatic rings. The zero-order valence-electron chi connectivity index (χ0n) is 21.9. The molecule has 8 heteroatoms. The fraction of sp³-hybridized carbons (Fsp3) is 0.467. The van der Waals surface area contributed by atoms with Gasteiger partial charge in [-0.05, 0) is 75.9 Å². The summed E-state index contributed by atoms with van der Waals surface area (Å²) in [6.07, 6.45) is 11.7. The molecular weight excluding hydrogens is 648 g/mol. The molecule has 0 radical (unpaired) electrons. The topological polar surface area (TPSA) is 60.4 Å². The molecule has 2 fully saturated rings. The van der Waals surface area contributed by atoms with E-state index in [2.05, 4.69) is 31.9 Å². The van der Waals surface area contributed by atoms with Crippen LogP contribution < -0.4 is 0 Å². The summed E-state index contributed by atoms with van der Waals surface area (Å²) in [4.78, 5) is 1.81. The van der Waals surface area contributed by atoms with Crippen LogP contribution in [0.3, 0.4) is 0 Å². The van der Waals surface area contributed by atoms with Gasteiger partial charge in [0.1, 0.15) is 22.7 Å². The van der Waals surface area contributed by atoms with Crippen LogP contribution in [0.25, 0.3) is 21.9 Å². The van der Waals surface area contributed by atoms with Crippen LogP contribution >= 0.6 is 31.9 Å². The molecule has 0 saturated heterocycles. The number of hydrogen-bond acceptors (Lipinski definition) is 4. The van der Waals surface area contributed by atoms with Crippen molar-refractivity contribution in [3.63, 3.8) is 0 Å². The van der Waals surface area contributed by atoms with E-state index in [-0.39, 0.29) is 0 Å². The van der Waals surface area contributed by atoms with E-state index in [1.54, 1.807) is 0 Å². The lowest BCUT2D eigenvalue weighted by Crippen LogP contribution is -2.18. The molecule has 2 atom stereocenters. The Labute approximate surface area is 246 Å². The van der Waals surface area contributed by atoms with E-state index in [4.69, 9.17) is 8.83 Å². The third-order valence-electron chi connectivity index (χ3n) is 7.65. The third-order valence-corrected chi connectivity index (χ3v) is 12.6. The zero-order valence-corrected chi connectivity index (χ0v) is 26.7. The van der Waals surface area contributed by atoms with Crippen LogP contribution in [-0.4, -0.2) is 18.9 Å². The maximum atomic E-state index is 12.8. The molecule has 2 aliphatic rings. The number of aryl methyl sites for hydroxylation is 2. The number of halogens is 2. The fourth-order valence-electron chi connectivity index (χ4n) is 5.73. The van der Waals surface area contributed by atoms with E-state index in [0.29, 0.717) is 10.5 Å². The second kappa shape index (κ2) is 12.5. The Morgan fingerprint density at radius 2 is 1.00 bits per heavy atom. The Balaban J connectivity index is 0.000000155. The van der Waals surface area contributed by atoms with Crippen molar-refractivity contribution in [1.82, 2.24) is 0 Å². The van der Waals surface area contributed by atoms with Gasteiger partial charge < -0.3 is 8.83 Å². The summed E-state index contributed by atoms with van der Waals surface area (Å²) >= 11 is 6.96. The molecule has 2 aromatic heterocycles. The third kappa shape index (κ3) is 6.08. The number of furan rings is 2. The molecule has 0 spiro atoms. The predicted molar refractivity (Wildman–Crippen MR) is 164 cm³/mol. The number of rotatable bonds is 4. The number of benzene rings is 2. The lowest BCUT2D eigenvalue weighted by molar-refractivity contribution is 0.503. The Morgan fingerprint density at radius 1 is 0.632 bits per heavy atom. The SMILES string of the molecule is Cc1oc2ccc(Br)cc2c1[S@@](=O)C1CCCCC1.Cc1oc2ccc(Br)cc2c1[S@](=O)C1CCCCC1. The van der Waals surface area contributed by atoms with Crippen molar-refractivity contribution in [2.45, 2.75) is 98.3 Å². The van der Waals surface area contributed by atoms with Gasteiger partial charge in [-0.25, -0.2) is 0 Å². The lowest BCUT2D eigenvalue weighted by Gasteiger charge is -2.20. The molecule has 2 aliphatic carbocycles. The quantitative estimate of drug-likeness (QED) is 0.215. The van der Waals surface area contributed by atoms with Gasteiger partial charge in [-0.15, -0.1) is 0 Å². The molecule has 0 unspecified atom stereocenters.